The molecule has 0 fully saturated rings. The zero-order valence-corrected chi connectivity index (χ0v) is 13.3. The number of imidazole rings is 1. The second-order valence-electron chi connectivity index (χ2n) is 4.93. The third-order valence-corrected chi connectivity index (χ3v) is 4.67. The molecule has 3 rings (SSSR count). The van der Waals surface area contributed by atoms with Gasteiger partial charge in [0.2, 0.25) is 0 Å². The van der Waals surface area contributed by atoms with Gasteiger partial charge in [0.25, 0.3) is 0 Å². The largest absolute Gasteiger partial charge is 0.299 e. The summed E-state index contributed by atoms with van der Waals surface area (Å²) in [6.45, 7) is 0. The third kappa shape index (κ3) is 2.91. The van der Waals surface area contributed by atoms with Crippen LogP contribution < -0.4 is 0 Å². The minimum Gasteiger partial charge on any atom is -0.299 e. The maximum absolute atomic E-state index is 11.5. The Labute approximate surface area is 133 Å². The number of hydrogen-bond acceptors (Lipinski definition) is 3. The second-order valence-corrected chi connectivity index (χ2v) is 7.38. The summed E-state index contributed by atoms with van der Waals surface area (Å²) >= 11 is 6.03. The van der Waals surface area contributed by atoms with E-state index < -0.39 is 9.84 Å². The van der Waals surface area contributed by atoms with Gasteiger partial charge in [0.05, 0.1) is 23.1 Å². The van der Waals surface area contributed by atoms with Gasteiger partial charge >= 0.3 is 0 Å². The van der Waals surface area contributed by atoms with Gasteiger partial charge in [-0.25, -0.2) is 13.4 Å². The summed E-state index contributed by atoms with van der Waals surface area (Å²) in [5.74, 6) is 0. The van der Waals surface area contributed by atoms with E-state index in [9.17, 15) is 8.42 Å². The minimum absolute atomic E-state index is 0.296. The van der Waals surface area contributed by atoms with E-state index >= 15 is 0 Å². The molecule has 0 atom stereocenters. The Balaban J connectivity index is 2.06. The minimum atomic E-state index is -3.20. The number of rotatable bonds is 3. The predicted octanol–water partition coefficient (Wildman–Crippen LogP) is 3.60. The van der Waals surface area contributed by atoms with Gasteiger partial charge in [-0.15, -0.1) is 0 Å². The Morgan fingerprint density at radius 2 is 1.82 bits per heavy atom. The molecule has 0 spiro atoms. The summed E-state index contributed by atoms with van der Waals surface area (Å²) < 4.78 is 25.0. The smallest absolute Gasteiger partial charge is 0.175 e. The Kier molecular flexibility index (Phi) is 3.76. The number of sulfone groups is 1. The van der Waals surface area contributed by atoms with Crippen LogP contribution in [0.2, 0.25) is 5.02 Å². The second kappa shape index (κ2) is 5.59. The fourth-order valence-electron chi connectivity index (χ4n) is 2.21. The standard InChI is InChI=1S/C16H13ClN2O2S/c1-22(20,21)15-7-5-12(6-8-15)16-10-18-11-19(16)14-4-2-3-13(17)9-14/h2-11H,1H3. The van der Waals surface area contributed by atoms with Gasteiger partial charge in [-0.3, -0.25) is 4.57 Å². The number of hydrogen-bond donors (Lipinski definition) is 0. The van der Waals surface area contributed by atoms with Crippen molar-refractivity contribution >= 4 is 21.4 Å². The van der Waals surface area contributed by atoms with Crippen molar-refractivity contribution in [3.63, 3.8) is 0 Å². The van der Waals surface area contributed by atoms with Crippen molar-refractivity contribution in [2.24, 2.45) is 0 Å². The average Bonchev–Trinajstić information content (AvgIpc) is 2.96. The lowest BCUT2D eigenvalue weighted by Gasteiger charge is -2.09. The molecular formula is C16H13ClN2O2S. The molecule has 0 N–H and O–H groups in total. The van der Waals surface area contributed by atoms with Crippen LogP contribution in [0.3, 0.4) is 0 Å². The fraction of sp³-hybridized carbons (Fsp3) is 0.0625. The van der Waals surface area contributed by atoms with Crippen LogP contribution in [0.5, 0.6) is 0 Å². The SMILES string of the molecule is CS(=O)(=O)c1ccc(-c2cncn2-c2cccc(Cl)c2)cc1. The first-order valence-corrected chi connectivity index (χ1v) is 8.81. The number of benzene rings is 2. The van der Waals surface area contributed by atoms with Crippen LogP contribution in [-0.4, -0.2) is 24.2 Å². The molecule has 0 aliphatic heterocycles. The molecule has 2 aromatic carbocycles. The molecule has 1 heterocycles. The molecule has 0 radical (unpaired) electrons. The highest BCUT2D eigenvalue weighted by molar-refractivity contribution is 7.90. The summed E-state index contributed by atoms with van der Waals surface area (Å²) in [7, 11) is -3.20. The average molecular weight is 333 g/mol. The van der Waals surface area contributed by atoms with Gasteiger partial charge in [-0.05, 0) is 30.3 Å². The van der Waals surface area contributed by atoms with E-state index in [-0.39, 0.29) is 0 Å². The van der Waals surface area contributed by atoms with Crippen molar-refractivity contribution in [3.05, 3.63) is 66.1 Å². The summed E-state index contributed by atoms with van der Waals surface area (Å²) in [6.07, 6.45) is 4.63. The van der Waals surface area contributed by atoms with Gasteiger partial charge < -0.3 is 0 Å². The van der Waals surface area contributed by atoms with E-state index in [0.717, 1.165) is 16.9 Å². The molecule has 112 valence electrons. The molecule has 0 unspecified atom stereocenters. The van der Waals surface area contributed by atoms with Crippen LogP contribution in [0.25, 0.3) is 16.9 Å². The molecule has 6 heteroatoms. The fourth-order valence-corrected chi connectivity index (χ4v) is 3.03. The molecule has 1 aromatic heterocycles. The van der Waals surface area contributed by atoms with Crippen LogP contribution in [-0.2, 0) is 9.84 Å². The van der Waals surface area contributed by atoms with E-state index in [1.807, 2.05) is 28.8 Å². The maximum atomic E-state index is 11.5. The first-order chi connectivity index (χ1) is 10.4. The lowest BCUT2D eigenvalue weighted by atomic mass is 10.1. The topological polar surface area (TPSA) is 52.0 Å². The zero-order chi connectivity index (χ0) is 15.7. The Morgan fingerprint density at radius 1 is 1.09 bits per heavy atom. The van der Waals surface area contributed by atoms with Crippen LogP contribution >= 0.6 is 11.6 Å². The maximum Gasteiger partial charge on any atom is 0.175 e. The Hall–Kier alpha value is -2.11. The van der Waals surface area contributed by atoms with E-state index in [1.165, 1.54) is 6.26 Å². The van der Waals surface area contributed by atoms with Crippen LogP contribution in [0.4, 0.5) is 0 Å². The zero-order valence-electron chi connectivity index (χ0n) is 11.8. The molecule has 22 heavy (non-hydrogen) atoms. The van der Waals surface area contributed by atoms with Crippen LogP contribution in [0, 0.1) is 0 Å². The first kappa shape index (κ1) is 14.8. The van der Waals surface area contributed by atoms with Crippen molar-refractivity contribution in [1.29, 1.82) is 0 Å². The number of halogens is 1. The molecular weight excluding hydrogens is 320 g/mol. The molecule has 3 aromatic rings. The predicted molar refractivity (Wildman–Crippen MR) is 87.1 cm³/mol. The Morgan fingerprint density at radius 3 is 2.45 bits per heavy atom. The number of aromatic nitrogens is 2. The first-order valence-electron chi connectivity index (χ1n) is 6.54. The monoisotopic (exact) mass is 332 g/mol. The molecule has 4 nitrogen and oxygen atoms in total. The molecule has 0 saturated carbocycles. The van der Waals surface area contributed by atoms with Gasteiger partial charge in [-0.2, -0.15) is 0 Å². The Bertz CT molecular complexity index is 915. The summed E-state index contributed by atoms with van der Waals surface area (Å²) in [4.78, 5) is 4.47. The van der Waals surface area contributed by atoms with Crippen molar-refractivity contribution < 1.29 is 8.42 Å². The summed E-state index contributed by atoms with van der Waals surface area (Å²) in [5.41, 5.74) is 2.64. The van der Waals surface area contributed by atoms with Crippen LogP contribution in [0.1, 0.15) is 0 Å². The lowest BCUT2D eigenvalue weighted by Crippen LogP contribution is -1.98. The van der Waals surface area contributed by atoms with E-state index in [0.29, 0.717) is 9.92 Å². The van der Waals surface area contributed by atoms with Crippen molar-refractivity contribution in [2.45, 2.75) is 4.90 Å². The number of nitrogens with zero attached hydrogens (tertiary/aromatic N) is 2. The molecule has 0 amide bonds. The molecule has 0 bridgehead atoms. The molecule has 0 saturated heterocycles. The van der Waals surface area contributed by atoms with Crippen molar-refractivity contribution in [2.75, 3.05) is 6.26 Å². The molecule has 0 aliphatic rings. The third-order valence-electron chi connectivity index (χ3n) is 3.30. The van der Waals surface area contributed by atoms with Gasteiger partial charge in [0, 0.05) is 22.5 Å². The summed E-state index contributed by atoms with van der Waals surface area (Å²) in [5, 5.41) is 0.643. The van der Waals surface area contributed by atoms with E-state index in [2.05, 4.69) is 4.98 Å². The highest BCUT2D eigenvalue weighted by Crippen LogP contribution is 2.25. The van der Waals surface area contributed by atoms with Crippen molar-refractivity contribution in [3.8, 4) is 16.9 Å². The molecule has 0 aliphatic carbocycles. The van der Waals surface area contributed by atoms with Gasteiger partial charge in [-0.1, -0.05) is 29.8 Å². The quantitative estimate of drug-likeness (QED) is 0.736. The highest BCUT2D eigenvalue weighted by Gasteiger charge is 2.10. The highest BCUT2D eigenvalue weighted by atomic mass is 35.5. The van der Waals surface area contributed by atoms with Gasteiger partial charge in [0.15, 0.2) is 9.84 Å². The lowest BCUT2D eigenvalue weighted by molar-refractivity contribution is 0.602. The summed E-state index contributed by atoms with van der Waals surface area (Å²) in [6, 6.07) is 14.2. The van der Waals surface area contributed by atoms with Crippen molar-refractivity contribution in [1.82, 2.24) is 9.55 Å². The van der Waals surface area contributed by atoms with E-state index in [4.69, 9.17) is 11.6 Å². The van der Waals surface area contributed by atoms with E-state index in [1.54, 1.807) is 36.8 Å². The van der Waals surface area contributed by atoms with Gasteiger partial charge in [0.1, 0.15) is 0 Å². The van der Waals surface area contributed by atoms with Crippen LogP contribution in [0.15, 0.2) is 66.0 Å². The normalized spacial score (nSPS) is 11.5.